The molecule has 4 heteroatoms. The van der Waals surface area contributed by atoms with E-state index in [1.807, 2.05) is 40.7 Å². The van der Waals surface area contributed by atoms with Crippen LogP contribution in [-0.2, 0) is 9.53 Å². The molecule has 0 aliphatic carbocycles. The van der Waals surface area contributed by atoms with Gasteiger partial charge in [-0.05, 0) is 32.8 Å². The summed E-state index contributed by atoms with van der Waals surface area (Å²) in [6, 6.07) is 1.64. The van der Waals surface area contributed by atoms with Crippen molar-refractivity contribution in [2.24, 2.45) is 5.92 Å². The van der Waals surface area contributed by atoms with Gasteiger partial charge in [0.25, 0.3) is 0 Å². The minimum atomic E-state index is -0.325. The fourth-order valence-corrected chi connectivity index (χ4v) is 1.81. The van der Waals surface area contributed by atoms with Crippen LogP contribution in [0.5, 0.6) is 0 Å². The maximum Gasteiger partial charge on any atom is 0.331 e. The number of hydrogen-bond acceptors (Lipinski definition) is 3. The first-order chi connectivity index (χ1) is 7.47. The van der Waals surface area contributed by atoms with Crippen molar-refractivity contribution in [3.63, 3.8) is 0 Å². The third-order valence-electron chi connectivity index (χ3n) is 2.47. The summed E-state index contributed by atoms with van der Waals surface area (Å²) in [5.41, 5.74) is 1.91. The fourth-order valence-electron chi connectivity index (χ4n) is 1.81. The highest BCUT2D eigenvalue weighted by Gasteiger charge is 2.27. The van der Waals surface area contributed by atoms with Crippen LogP contribution < -0.4 is 0 Å². The van der Waals surface area contributed by atoms with E-state index in [0.29, 0.717) is 6.61 Å². The molecule has 0 radical (unpaired) electrons. The van der Waals surface area contributed by atoms with Gasteiger partial charge in [-0.15, -0.1) is 0 Å². The molecule has 0 amide bonds. The van der Waals surface area contributed by atoms with Gasteiger partial charge in [0.2, 0.25) is 0 Å². The average molecular weight is 224 g/mol. The fraction of sp³-hybridized carbons (Fsp3) is 0.667. The lowest BCUT2D eigenvalue weighted by Crippen LogP contribution is -2.28. The van der Waals surface area contributed by atoms with Crippen LogP contribution in [0, 0.1) is 19.8 Å². The molecule has 0 bridgehead atoms. The van der Waals surface area contributed by atoms with Crippen LogP contribution in [0.1, 0.15) is 38.2 Å². The Morgan fingerprint density at radius 3 is 2.50 bits per heavy atom. The standard InChI is InChI=1S/C12H20N2O2/c1-6-16-12(15)11(8(2)3)14-10(5)7-9(4)13-14/h7-8,11H,6H2,1-5H3/t11-/m0/s1. The molecule has 1 aromatic rings. The molecule has 0 saturated carbocycles. The SMILES string of the molecule is CCOC(=O)[C@H](C(C)C)n1nc(C)cc1C. The first kappa shape index (κ1) is 12.7. The smallest absolute Gasteiger partial charge is 0.331 e. The van der Waals surface area contributed by atoms with E-state index in [2.05, 4.69) is 5.10 Å². The van der Waals surface area contributed by atoms with Crippen molar-refractivity contribution in [3.8, 4) is 0 Å². The lowest BCUT2D eigenvalue weighted by atomic mass is 10.0. The van der Waals surface area contributed by atoms with Crippen LogP contribution in [-0.4, -0.2) is 22.4 Å². The lowest BCUT2D eigenvalue weighted by Gasteiger charge is -2.20. The van der Waals surface area contributed by atoms with Crippen molar-refractivity contribution in [1.82, 2.24) is 9.78 Å². The predicted molar refractivity (Wildman–Crippen MR) is 62.2 cm³/mol. The number of ether oxygens (including phenoxy) is 1. The minimum absolute atomic E-state index is 0.164. The highest BCUT2D eigenvalue weighted by atomic mass is 16.5. The summed E-state index contributed by atoms with van der Waals surface area (Å²) in [7, 11) is 0. The quantitative estimate of drug-likeness (QED) is 0.737. The molecule has 16 heavy (non-hydrogen) atoms. The number of aryl methyl sites for hydroxylation is 2. The zero-order valence-corrected chi connectivity index (χ0v) is 10.7. The van der Waals surface area contributed by atoms with Gasteiger partial charge in [-0.1, -0.05) is 13.8 Å². The molecule has 0 aromatic carbocycles. The third-order valence-corrected chi connectivity index (χ3v) is 2.47. The van der Waals surface area contributed by atoms with Crippen LogP contribution >= 0.6 is 0 Å². The van der Waals surface area contributed by atoms with E-state index >= 15 is 0 Å². The number of carbonyl (C=O) groups excluding carboxylic acids is 1. The molecule has 0 spiro atoms. The zero-order chi connectivity index (χ0) is 12.3. The van der Waals surface area contributed by atoms with E-state index in [0.717, 1.165) is 11.4 Å². The summed E-state index contributed by atoms with van der Waals surface area (Å²) in [5.74, 6) is -0.0410. The summed E-state index contributed by atoms with van der Waals surface area (Å²) in [4.78, 5) is 11.9. The number of aromatic nitrogens is 2. The molecule has 0 N–H and O–H groups in total. The molecular formula is C12H20N2O2. The first-order valence-corrected chi connectivity index (χ1v) is 5.66. The normalized spacial score (nSPS) is 12.9. The van der Waals surface area contributed by atoms with Gasteiger partial charge in [0.05, 0.1) is 12.3 Å². The molecule has 4 nitrogen and oxygen atoms in total. The molecular weight excluding hydrogens is 204 g/mol. The van der Waals surface area contributed by atoms with Crippen LogP contribution in [0.2, 0.25) is 0 Å². The van der Waals surface area contributed by atoms with Gasteiger partial charge in [-0.2, -0.15) is 5.10 Å². The summed E-state index contributed by atoms with van der Waals surface area (Å²) < 4.78 is 6.85. The maximum atomic E-state index is 11.9. The molecule has 0 aliphatic heterocycles. The van der Waals surface area contributed by atoms with Crippen molar-refractivity contribution < 1.29 is 9.53 Å². The van der Waals surface area contributed by atoms with E-state index in [9.17, 15) is 4.79 Å². The van der Waals surface area contributed by atoms with E-state index in [-0.39, 0.29) is 17.9 Å². The zero-order valence-electron chi connectivity index (χ0n) is 10.7. The number of nitrogens with zero attached hydrogens (tertiary/aromatic N) is 2. The van der Waals surface area contributed by atoms with Gasteiger partial charge in [0.1, 0.15) is 0 Å². The van der Waals surface area contributed by atoms with E-state index in [4.69, 9.17) is 4.74 Å². The van der Waals surface area contributed by atoms with E-state index in [1.165, 1.54) is 0 Å². The average Bonchev–Trinajstić information content (AvgIpc) is 2.45. The number of carbonyl (C=O) groups is 1. The van der Waals surface area contributed by atoms with Gasteiger partial charge in [0, 0.05) is 5.69 Å². The molecule has 0 aliphatic rings. The Morgan fingerprint density at radius 2 is 2.12 bits per heavy atom. The highest BCUT2D eigenvalue weighted by molar-refractivity contribution is 5.74. The molecule has 0 fully saturated rings. The summed E-state index contributed by atoms with van der Waals surface area (Å²) in [6.45, 7) is 10.1. The number of esters is 1. The van der Waals surface area contributed by atoms with Crippen LogP contribution in [0.15, 0.2) is 6.07 Å². The van der Waals surface area contributed by atoms with Gasteiger partial charge in [-0.25, -0.2) is 4.79 Å². The Kier molecular flexibility index (Phi) is 4.10. The van der Waals surface area contributed by atoms with Crippen molar-refractivity contribution >= 4 is 5.97 Å². The summed E-state index contributed by atoms with van der Waals surface area (Å²) in [6.07, 6.45) is 0. The Hall–Kier alpha value is -1.32. The first-order valence-electron chi connectivity index (χ1n) is 5.66. The van der Waals surface area contributed by atoms with Gasteiger partial charge in [0.15, 0.2) is 6.04 Å². The molecule has 1 aromatic heterocycles. The second-order valence-electron chi connectivity index (χ2n) is 4.31. The molecule has 1 heterocycles. The van der Waals surface area contributed by atoms with Gasteiger partial charge >= 0.3 is 5.97 Å². The van der Waals surface area contributed by atoms with Crippen LogP contribution in [0.25, 0.3) is 0 Å². The van der Waals surface area contributed by atoms with Gasteiger partial charge < -0.3 is 4.74 Å². The summed E-state index contributed by atoms with van der Waals surface area (Å²) in [5, 5.41) is 4.35. The monoisotopic (exact) mass is 224 g/mol. The predicted octanol–water partition coefficient (Wildman–Crippen LogP) is 2.26. The molecule has 90 valence electrons. The largest absolute Gasteiger partial charge is 0.464 e. The van der Waals surface area contributed by atoms with Crippen molar-refractivity contribution in [3.05, 3.63) is 17.5 Å². The van der Waals surface area contributed by atoms with Gasteiger partial charge in [-0.3, -0.25) is 4.68 Å². The van der Waals surface area contributed by atoms with Crippen LogP contribution in [0.3, 0.4) is 0 Å². The van der Waals surface area contributed by atoms with E-state index in [1.54, 1.807) is 4.68 Å². The maximum absolute atomic E-state index is 11.9. The Bertz CT molecular complexity index is 369. The molecule has 1 atom stereocenters. The number of rotatable bonds is 4. The minimum Gasteiger partial charge on any atom is -0.464 e. The van der Waals surface area contributed by atoms with Crippen molar-refractivity contribution in [2.45, 2.75) is 40.7 Å². The van der Waals surface area contributed by atoms with Crippen molar-refractivity contribution in [1.29, 1.82) is 0 Å². The second-order valence-corrected chi connectivity index (χ2v) is 4.31. The second kappa shape index (κ2) is 5.14. The Labute approximate surface area is 96.6 Å². The highest BCUT2D eigenvalue weighted by Crippen LogP contribution is 2.21. The lowest BCUT2D eigenvalue weighted by molar-refractivity contribution is -0.149. The molecule has 1 rings (SSSR count). The third kappa shape index (κ3) is 2.62. The topological polar surface area (TPSA) is 44.1 Å². The Morgan fingerprint density at radius 1 is 1.50 bits per heavy atom. The number of hydrogen-bond donors (Lipinski definition) is 0. The molecule has 0 unspecified atom stereocenters. The molecule has 0 saturated heterocycles. The Balaban J connectivity index is 3.02. The van der Waals surface area contributed by atoms with Crippen molar-refractivity contribution in [2.75, 3.05) is 6.61 Å². The van der Waals surface area contributed by atoms with E-state index < -0.39 is 0 Å². The summed E-state index contributed by atoms with van der Waals surface area (Å²) >= 11 is 0. The van der Waals surface area contributed by atoms with Crippen LogP contribution in [0.4, 0.5) is 0 Å².